The van der Waals surface area contributed by atoms with E-state index in [1.807, 2.05) is 36.4 Å². The molecular formula is C17H19ClO2. The van der Waals surface area contributed by atoms with Gasteiger partial charge in [-0.25, -0.2) is 0 Å². The molecule has 2 aromatic rings. The highest BCUT2D eigenvalue weighted by Gasteiger charge is 2.04. The quantitative estimate of drug-likeness (QED) is 0.758. The predicted molar refractivity (Wildman–Crippen MR) is 83.3 cm³/mol. The van der Waals surface area contributed by atoms with E-state index in [9.17, 15) is 0 Å². The Morgan fingerprint density at radius 3 is 2.40 bits per heavy atom. The van der Waals surface area contributed by atoms with Gasteiger partial charge in [0.2, 0.25) is 0 Å². The van der Waals surface area contributed by atoms with Crippen LogP contribution in [-0.4, -0.2) is 18.3 Å². The van der Waals surface area contributed by atoms with Crippen LogP contribution in [0.4, 0.5) is 0 Å². The van der Waals surface area contributed by atoms with Gasteiger partial charge in [-0.15, -0.1) is 0 Å². The number of aliphatic hydroxyl groups is 1. The summed E-state index contributed by atoms with van der Waals surface area (Å²) in [6.45, 7) is 0.872. The predicted octanol–water partition coefficient (Wildman–Crippen LogP) is 4.55. The van der Waals surface area contributed by atoms with Crippen molar-refractivity contribution < 1.29 is 9.84 Å². The van der Waals surface area contributed by atoms with Crippen molar-refractivity contribution in [1.29, 1.82) is 0 Å². The number of halogens is 1. The van der Waals surface area contributed by atoms with Gasteiger partial charge in [-0.2, -0.15) is 0 Å². The molecule has 3 heteroatoms. The second kappa shape index (κ2) is 7.93. The Balaban J connectivity index is 1.96. The highest BCUT2D eigenvalue weighted by molar-refractivity contribution is 6.32. The van der Waals surface area contributed by atoms with Crippen molar-refractivity contribution in [2.24, 2.45) is 0 Å². The van der Waals surface area contributed by atoms with Crippen molar-refractivity contribution in [3.05, 3.63) is 53.6 Å². The van der Waals surface area contributed by atoms with Crippen LogP contribution in [0.25, 0.3) is 11.1 Å². The van der Waals surface area contributed by atoms with Gasteiger partial charge in [-0.05, 0) is 42.5 Å². The van der Waals surface area contributed by atoms with Gasteiger partial charge in [0.15, 0.2) is 0 Å². The summed E-state index contributed by atoms with van der Waals surface area (Å²) < 4.78 is 5.66. The lowest BCUT2D eigenvalue weighted by atomic mass is 10.1. The molecule has 0 aliphatic carbocycles. The molecule has 106 valence electrons. The Bertz CT molecular complexity index is 526. The van der Waals surface area contributed by atoms with Crippen LogP contribution < -0.4 is 4.74 Å². The molecule has 0 radical (unpaired) electrons. The van der Waals surface area contributed by atoms with Crippen LogP contribution in [0.3, 0.4) is 0 Å². The summed E-state index contributed by atoms with van der Waals surface area (Å²) in [5.74, 6) is 0.718. The van der Waals surface area contributed by atoms with Crippen molar-refractivity contribution in [1.82, 2.24) is 0 Å². The zero-order chi connectivity index (χ0) is 14.2. The van der Waals surface area contributed by atoms with Gasteiger partial charge >= 0.3 is 0 Å². The van der Waals surface area contributed by atoms with Gasteiger partial charge in [0.05, 0.1) is 11.6 Å². The van der Waals surface area contributed by atoms with Gasteiger partial charge in [-0.3, -0.25) is 0 Å². The lowest BCUT2D eigenvalue weighted by Crippen LogP contribution is -1.98. The van der Waals surface area contributed by atoms with E-state index < -0.39 is 0 Å². The van der Waals surface area contributed by atoms with Crippen molar-refractivity contribution >= 4 is 11.6 Å². The highest BCUT2D eigenvalue weighted by atomic mass is 35.5. The molecule has 0 heterocycles. The Morgan fingerprint density at radius 2 is 1.70 bits per heavy atom. The summed E-state index contributed by atoms with van der Waals surface area (Å²) in [5.41, 5.74) is 2.23. The van der Waals surface area contributed by atoms with E-state index in [4.69, 9.17) is 21.4 Å². The molecule has 0 unspecified atom stereocenters. The van der Waals surface area contributed by atoms with E-state index in [2.05, 4.69) is 12.1 Å². The Labute approximate surface area is 125 Å². The fraction of sp³-hybridized carbons (Fsp3) is 0.294. The molecule has 2 aromatic carbocycles. The lowest BCUT2D eigenvalue weighted by molar-refractivity contribution is 0.266. The monoisotopic (exact) mass is 290 g/mol. The van der Waals surface area contributed by atoms with Gasteiger partial charge in [-0.1, -0.05) is 48.0 Å². The maximum absolute atomic E-state index is 8.70. The second-order valence-corrected chi connectivity index (χ2v) is 5.05. The highest BCUT2D eigenvalue weighted by Crippen LogP contribution is 2.30. The molecule has 0 aliphatic heterocycles. The summed E-state index contributed by atoms with van der Waals surface area (Å²) in [6, 6.07) is 16.0. The molecule has 20 heavy (non-hydrogen) atoms. The first-order chi connectivity index (χ1) is 9.81. The molecule has 0 bridgehead atoms. The molecule has 0 saturated carbocycles. The van der Waals surface area contributed by atoms with Crippen LogP contribution in [0.1, 0.15) is 19.3 Å². The first-order valence-electron chi connectivity index (χ1n) is 6.90. The first kappa shape index (κ1) is 14.9. The Hall–Kier alpha value is -1.51. The molecule has 2 rings (SSSR count). The molecule has 0 atom stereocenters. The SMILES string of the molecule is OCCCCCOc1ccc(-c2ccccc2)cc1Cl. The molecule has 0 spiro atoms. The van der Waals surface area contributed by atoms with E-state index in [0.29, 0.717) is 11.6 Å². The number of rotatable bonds is 7. The average molecular weight is 291 g/mol. The largest absolute Gasteiger partial charge is 0.492 e. The van der Waals surface area contributed by atoms with Crippen LogP contribution in [0.15, 0.2) is 48.5 Å². The van der Waals surface area contributed by atoms with Gasteiger partial charge in [0.1, 0.15) is 5.75 Å². The minimum Gasteiger partial charge on any atom is -0.492 e. The summed E-state index contributed by atoms with van der Waals surface area (Å²) in [5, 5.41) is 9.34. The number of hydrogen-bond acceptors (Lipinski definition) is 2. The molecule has 2 nitrogen and oxygen atoms in total. The number of aliphatic hydroxyl groups excluding tert-OH is 1. The van der Waals surface area contributed by atoms with Crippen molar-refractivity contribution in [2.45, 2.75) is 19.3 Å². The van der Waals surface area contributed by atoms with Crippen molar-refractivity contribution in [3.63, 3.8) is 0 Å². The minimum atomic E-state index is 0.243. The third kappa shape index (κ3) is 4.26. The molecule has 0 aliphatic rings. The van der Waals surface area contributed by atoms with E-state index in [-0.39, 0.29) is 6.61 Å². The standard InChI is InChI=1S/C17H19ClO2/c18-16-13-15(14-7-3-1-4-8-14)9-10-17(16)20-12-6-2-5-11-19/h1,3-4,7-10,13,19H,2,5-6,11-12H2. The van der Waals surface area contributed by atoms with Crippen molar-refractivity contribution in [2.75, 3.05) is 13.2 Å². The maximum atomic E-state index is 8.70. The fourth-order valence-electron chi connectivity index (χ4n) is 2.00. The summed E-state index contributed by atoms with van der Waals surface area (Å²) >= 11 is 6.25. The van der Waals surface area contributed by atoms with Gasteiger partial charge in [0.25, 0.3) is 0 Å². The van der Waals surface area contributed by atoms with Crippen molar-refractivity contribution in [3.8, 4) is 16.9 Å². The number of benzene rings is 2. The smallest absolute Gasteiger partial charge is 0.137 e. The summed E-state index contributed by atoms with van der Waals surface area (Å²) in [6.07, 6.45) is 2.72. The van der Waals surface area contributed by atoms with E-state index in [1.54, 1.807) is 0 Å². The number of hydrogen-bond donors (Lipinski definition) is 1. The van der Waals surface area contributed by atoms with Gasteiger partial charge in [0, 0.05) is 6.61 Å². The molecule has 0 amide bonds. The summed E-state index contributed by atoms with van der Waals surface area (Å²) in [4.78, 5) is 0. The van der Waals surface area contributed by atoms with Gasteiger partial charge < -0.3 is 9.84 Å². The van der Waals surface area contributed by atoms with Crippen LogP contribution in [-0.2, 0) is 0 Å². The van der Waals surface area contributed by atoms with Crippen LogP contribution in [0.5, 0.6) is 5.75 Å². The Morgan fingerprint density at radius 1 is 0.900 bits per heavy atom. The second-order valence-electron chi connectivity index (χ2n) is 4.64. The van der Waals surface area contributed by atoms with Crippen LogP contribution >= 0.6 is 11.6 Å². The first-order valence-corrected chi connectivity index (χ1v) is 7.27. The molecule has 0 aromatic heterocycles. The van der Waals surface area contributed by atoms with E-state index >= 15 is 0 Å². The molecule has 1 N–H and O–H groups in total. The minimum absolute atomic E-state index is 0.243. The molecule has 0 fully saturated rings. The zero-order valence-electron chi connectivity index (χ0n) is 11.4. The summed E-state index contributed by atoms with van der Waals surface area (Å²) in [7, 11) is 0. The number of ether oxygens (including phenoxy) is 1. The molecular weight excluding hydrogens is 272 g/mol. The van der Waals surface area contributed by atoms with E-state index in [0.717, 1.165) is 36.1 Å². The third-order valence-electron chi connectivity index (χ3n) is 3.10. The lowest BCUT2D eigenvalue weighted by Gasteiger charge is -2.09. The van der Waals surface area contributed by atoms with Crippen LogP contribution in [0.2, 0.25) is 5.02 Å². The molecule has 0 saturated heterocycles. The zero-order valence-corrected chi connectivity index (χ0v) is 12.1. The van der Waals surface area contributed by atoms with E-state index in [1.165, 1.54) is 0 Å². The maximum Gasteiger partial charge on any atom is 0.137 e. The number of unbranched alkanes of at least 4 members (excludes halogenated alkanes) is 2. The van der Waals surface area contributed by atoms with Crippen LogP contribution in [0, 0.1) is 0 Å². The topological polar surface area (TPSA) is 29.5 Å². The average Bonchev–Trinajstić information content (AvgIpc) is 2.49. The Kier molecular flexibility index (Phi) is 5.90. The fourth-order valence-corrected chi connectivity index (χ4v) is 2.24. The third-order valence-corrected chi connectivity index (χ3v) is 3.39. The normalized spacial score (nSPS) is 10.5.